The minimum atomic E-state index is -3.46. The molecule has 2 aromatic rings. The number of fused-ring (bicyclic) bond motifs is 1. The van der Waals surface area contributed by atoms with Crippen LogP contribution in [-0.4, -0.2) is 44.5 Å². The van der Waals surface area contributed by atoms with Crippen LogP contribution in [-0.2, 0) is 21.2 Å². The van der Waals surface area contributed by atoms with Crippen molar-refractivity contribution < 1.29 is 22.3 Å². The van der Waals surface area contributed by atoms with Gasteiger partial charge in [0.1, 0.15) is 17.4 Å². The van der Waals surface area contributed by atoms with Gasteiger partial charge < -0.3 is 15.0 Å². The van der Waals surface area contributed by atoms with Crippen molar-refractivity contribution >= 4 is 21.8 Å². The largest absolute Gasteiger partial charge is 0.497 e. The quantitative estimate of drug-likeness (QED) is 0.724. The first kappa shape index (κ1) is 21.8. The van der Waals surface area contributed by atoms with Crippen LogP contribution in [0.15, 0.2) is 76.9 Å². The molecule has 1 unspecified atom stereocenters. The standard InChI is InChI=1S/C23H22FN3O4S/c1-31-20-9-4-17(5-10-20)21(14-16-2-7-19(24)8-3-16)25-23(28)18-6-11-22-26-32(29,30)13-12-27(22)15-18/h2-11,15,21H,12-14H2,1H3,(H,25,28). The fourth-order valence-electron chi connectivity index (χ4n) is 3.52. The number of nitrogens with one attached hydrogen (secondary N) is 1. The van der Waals surface area contributed by atoms with Gasteiger partial charge in [-0.15, -0.1) is 4.40 Å². The van der Waals surface area contributed by atoms with Crippen molar-refractivity contribution in [3.63, 3.8) is 0 Å². The molecule has 4 rings (SSSR count). The van der Waals surface area contributed by atoms with Crippen LogP contribution in [0.5, 0.6) is 5.75 Å². The molecule has 0 saturated heterocycles. The molecule has 2 heterocycles. The summed E-state index contributed by atoms with van der Waals surface area (Å²) in [4.78, 5) is 14.7. The van der Waals surface area contributed by atoms with Crippen LogP contribution >= 0.6 is 0 Å². The van der Waals surface area contributed by atoms with Crippen LogP contribution in [0.25, 0.3) is 0 Å². The van der Waals surface area contributed by atoms with E-state index < -0.39 is 10.0 Å². The van der Waals surface area contributed by atoms with Crippen LogP contribution in [0, 0.1) is 5.82 Å². The molecule has 0 aliphatic carbocycles. The smallest absolute Gasteiger partial charge is 0.256 e. The maximum Gasteiger partial charge on any atom is 0.256 e. The molecule has 32 heavy (non-hydrogen) atoms. The summed E-state index contributed by atoms with van der Waals surface area (Å²) in [6.45, 7) is 0.236. The first-order valence-corrected chi connectivity index (χ1v) is 11.6. The third-order valence-corrected chi connectivity index (χ3v) is 6.43. The average Bonchev–Trinajstić information content (AvgIpc) is 2.79. The van der Waals surface area contributed by atoms with Crippen LogP contribution in [0.1, 0.15) is 17.2 Å². The van der Waals surface area contributed by atoms with E-state index in [1.165, 1.54) is 18.2 Å². The lowest BCUT2D eigenvalue weighted by molar-refractivity contribution is -0.118. The predicted molar refractivity (Wildman–Crippen MR) is 119 cm³/mol. The summed E-state index contributed by atoms with van der Waals surface area (Å²) in [5.41, 5.74) is 2.13. The molecule has 1 amide bonds. The Morgan fingerprint density at radius 1 is 1.16 bits per heavy atom. The molecule has 0 radical (unpaired) electrons. The molecule has 1 N–H and O–H groups in total. The van der Waals surface area contributed by atoms with Crippen LogP contribution in [0.2, 0.25) is 0 Å². The Kier molecular flexibility index (Phi) is 6.09. The molecule has 0 aromatic heterocycles. The number of amidine groups is 1. The van der Waals surface area contributed by atoms with Gasteiger partial charge in [0.05, 0.1) is 24.5 Å². The maximum absolute atomic E-state index is 13.3. The second-order valence-electron chi connectivity index (χ2n) is 7.48. The Balaban J connectivity index is 1.56. The number of hydrogen-bond acceptors (Lipinski definition) is 5. The van der Waals surface area contributed by atoms with E-state index >= 15 is 0 Å². The van der Waals surface area contributed by atoms with Gasteiger partial charge in [0.2, 0.25) is 0 Å². The van der Waals surface area contributed by atoms with Gasteiger partial charge in [-0.3, -0.25) is 4.79 Å². The molecule has 7 nitrogen and oxygen atoms in total. The normalized spacial score (nSPS) is 17.6. The minimum Gasteiger partial charge on any atom is -0.497 e. The monoisotopic (exact) mass is 455 g/mol. The Morgan fingerprint density at radius 3 is 2.56 bits per heavy atom. The number of rotatable bonds is 6. The Hall–Kier alpha value is -3.46. The van der Waals surface area contributed by atoms with E-state index in [1.54, 1.807) is 36.4 Å². The summed E-state index contributed by atoms with van der Waals surface area (Å²) in [6, 6.07) is 13.2. The van der Waals surface area contributed by atoms with Gasteiger partial charge in [-0.25, -0.2) is 12.8 Å². The summed E-state index contributed by atoms with van der Waals surface area (Å²) < 4.78 is 45.6. The molecule has 2 aliphatic rings. The number of halogens is 1. The van der Waals surface area contributed by atoms with Crippen molar-refractivity contribution in [3.8, 4) is 5.75 Å². The van der Waals surface area contributed by atoms with E-state index in [0.717, 1.165) is 11.1 Å². The number of amides is 1. The van der Waals surface area contributed by atoms with E-state index in [9.17, 15) is 17.6 Å². The van der Waals surface area contributed by atoms with Crippen molar-refractivity contribution in [1.82, 2.24) is 10.2 Å². The number of hydrogen-bond donors (Lipinski definition) is 1. The summed E-state index contributed by atoms with van der Waals surface area (Å²) in [6.07, 6.45) is 5.14. The molecular weight excluding hydrogens is 433 g/mol. The summed E-state index contributed by atoms with van der Waals surface area (Å²) in [7, 11) is -1.88. The van der Waals surface area contributed by atoms with Crippen LogP contribution in [0.4, 0.5) is 4.39 Å². The highest BCUT2D eigenvalue weighted by Gasteiger charge is 2.26. The number of ether oxygens (including phenoxy) is 1. The molecule has 2 aromatic carbocycles. The second kappa shape index (κ2) is 8.96. The van der Waals surface area contributed by atoms with E-state index in [1.807, 2.05) is 24.3 Å². The van der Waals surface area contributed by atoms with Crippen LogP contribution < -0.4 is 10.1 Å². The van der Waals surface area contributed by atoms with E-state index in [4.69, 9.17) is 4.74 Å². The third-order valence-electron chi connectivity index (χ3n) is 5.26. The molecule has 166 valence electrons. The van der Waals surface area contributed by atoms with Gasteiger partial charge in [0.15, 0.2) is 0 Å². The van der Waals surface area contributed by atoms with Gasteiger partial charge in [-0.2, -0.15) is 0 Å². The van der Waals surface area contributed by atoms with Crippen molar-refractivity contribution in [3.05, 3.63) is 89.4 Å². The van der Waals surface area contributed by atoms with Gasteiger partial charge in [0.25, 0.3) is 15.9 Å². The summed E-state index contributed by atoms with van der Waals surface area (Å²) >= 11 is 0. The molecule has 0 bridgehead atoms. The first-order valence-electron chi connectivity index (χ1n) is 10.0. The second-order valence-corrected chi connectivity index (χ2v) is 9.23. The fraction of sp³-hybridized carbons (Fsp3) is 0.217. The topological polar surface area (TPSA) is 88.1 Å². The van der Waals surface area contributed by atoms with Gasteiger partial charge >= 0.3 is 0 Å². The minimum absolute atomic E-state index is 0.102. The maximum atomic E-state index is 13.3. The third kappa shape index (κ3) is 5.05. The summed E-state index contributed by atoms with van der Waals surface area (Å²) in [5.74, 6) is 0.263. The lowest BCUT2D eigenvalue weighted by Crippen LogP contribution is -2.38. The molecular formula is C23H22FN3O4S. The lowest BCUT2D eigenvalue weighted by atomic mass is 9.98. The zero-order chi connectivity index (χ0) is 22.7. The van der Waals surface area contributed by atoms with Crippen molar-refractivity contribution in [1.29, 1.82) is 0 Å². The highest BCUT2D eigenvalue weighted by molar-refractivity contribution is 7.90. The van der Waals surface area contributed by atoms with E-state index in [-0.39, 0.29) is 30.1 Å². The van der Waals surface area contributed by atoms with Crippen molar-refractivity contribution in [2.75, 3.05) is 19.4 Å². The van der Waals surface area contributed by atoms with Gasteiger partial charge in [0, 0.05) is 12.7 Å². The SMILES string of the molecule is COc1ccc(C(Cc2ccc(F)cc2)NC(=O)C2=CN3CCS(=O)(=O)N=C3C=C2)cc1. The zero-order valence-corrected chi connectivity index (χ0v) is 18.2. The zero-order valence-electron chi connectivity index (χ0n) is 17.4. The van der Waals surface area contributed by atoms with E-state index in [0.29, 0.717) is 23.6 Å². The first-order chi connectivity index (χ1) is 15.3. The Bertz CT molecular complexity index is 1200. The van der Waals surface area contributed by atoms with E-state index in [2.05, 4.69) is 9.71 Å². The van der Waals surface area contributed by atoms with Gasteiger partial charge in [-0.05, 0) is 54.0 Å². The number of sulfonamides is 1. The molecule has 0 fully saturated rings. The number of nitrogens with zero attached hydrogens (tertiary/aromatic N) is 2. The highest BCUT2D eigenvalue weighted by Crippen LogP contribution is 2.23. The Morgan fingerprint density at radius 2 is 1.88 bits per heavy atom. The van der Waals surface area contributed by atoms with Crippen LogP contribution in [0.3, 0.4) is 0 Å². The van der Waals surface area contributed by atoms with Crippen molar-refractivity contribution in [2.24, 2.45) is 4.40 Å². The number of carbonyl (C=O) groups excluding carboxylic acids is 1. The molecule has 2 aliphatic heterocycles. The Labute approximate surface area is 186 Å². The molecule has 9 heteroatoms. The number of methoxy groups -OCH3 is 1. The van der Waals surface area contributed by atoms with Crippen molar-refractivity contribution in [2.45, 2.75) is 12.5 Å². The highest BCUT2D eigenvalue weighted by atomic mass is 32.2. The fourth-order valence-corrected chi connectivity index (χ4v) is 4.49. The lowest BCUT2D eigenvalue weighted by Gasteiger charge is -2.27. The average molecular weight is 456 g/mol. The molecule has 0 spiro atoms. The van der Waals surface area contributed by atoms with Gasteiger partial charge in [-0.1, -0.05) is 24.3 Å². The molecule has 1 atom stereocenters. The molecule has 0 saturated carbocycles. The number of benzene rings is 2. The predicted octanol–water partition coefficient (Wildman–Crippen LogP) is 2.73. The summed E-state index contributed by atoms with van der Waals surface area (Å²) in [5, 5.41) is 3.04. The number of carbonyl (C=O) groups is 1.